The number of hydrogen-bond acceptors (Lipinski definition) is 3. The largest absolute Gasteiger partial charge is 0.497 e. The van der Waals surface area contributed by atoms with E-state index in [1.54, 1.807) is 7.11 Å². The molecule has 0 spiro atoms. The molecule has 1 amide bonds. The molecule has 0 radical (unpaired) electrons. The average molecular weight is 338 g/mol. The SMILES string of the molecule is COc1cc(C)c(C(N)CC(=O)N2CCCc3ccccc32)c(C)c1. The smallest absolute Gasteiger partial charge is 0.228 e. The number of methoxy groups -OCH3 is 1. The maximum absolute atomic E-state index is 12.9. The summed E-state index contributed by atoms with van der Waals surface area (Å²) in [5, 5.41) is 0. The van der Waals surface area contributed by atoms with E-state index >= 15 is 0 Å². The molecule has 3 rings (SSSR count). The molecule has 4 heteroatoms. The van der Waals surface area contributed by atoms with Gasteiger partial charge in [-0.15, -0.1) is 0 Å². The summed E-state index contributed by atoms with van der Waals surface area (Å²) in [6.45, 7) is 4.81. The summed E-state index contributed by atoms with van der Waals surface area (Å²) < 4.78 is 5.31. The molecule has 1 heterocycles. The highest BCUT2D eigenvalue weighted by atomic mass is 16.5. The Kier molecular flexibility index (Phi) is 5.09. The topological polar surface area (TPSA) is 55.6 Å². The van der Waals surface area contributed by atoms with Gasteiger partial charge in [0, 0.05) is 24.7 Å². The Bertz CT molecular complexity index is 762. The number of ether oxygens (including phenoxy) is 1. The fourth-order valence-corrected chi connectivity index (χ4v) is 3.83. The third-order valence-electron chi connectivity index (χ3n) is 4.98. The van der Waals surface area contributed by atoms with E-state index in [-0.39, 0.29) is 11.9 Å². The van der Waals surface area contributed by atoms with Crippen molar-refractivity contribution in [2.45, 2.75) is 39.2 Å². The fraction of sp³-hybridized carbons (Fsp3) is 0.381. The summed E-state index contributed by atoms with van der Waals surface area (Å²) in [7, 11) is 1.66. The number of fused-ring (bicyclic) bond motifs is 1. The van der Waals surface area contributed by atoms with E-state index in [0.717, 1.165) is 47.5 Å². The fourth-order valence-electron chi connectivity index (χ4n) is 3.83. The Hall–Kier alpha value is -2.33. The standard InChI is InChI=1S/C21H26N2O2/c1-14-11-17(25-3)12-15(2)21(14)18(22)13-20(24)23-10-6-8-16-7-4-5-9-19(16)23/h4-5,7,9,11-12,18H,6,8,10,13,22H2,1-3H3. The maximum Gasteiger partial charge on any atom is 0.228 e. The van der Waals surface area contributed by atoms with Crippen LogP contribution in [0.5, 0.6) is 5.75 Å². The molecule has 0 fully saturated rings. The second kappa shape index (κ2) is 7.28. The Morgan fingerprint density at radius 2 is 1.92 bits per heavy atom. The number of aryl methyl sites for hydroxylation is 3. The van der Waals surface area contributed by atoms with Crippen molar-refractivity contribution in [1.82, 2.24) is 0 Å². The molecule has 1 unspecified atom stereocenters. The minimum absolute atomic E-state index is 0.0919. The molecular weight excluding hydrogens is 312 g/mol. The number of carbonyl (C=O) groups excluding carboxylic acids is 1. The van der Waals surface area contributed by atoms with Gasteiger partial charge in [0.05, 0.1) is 7.11 Å². The Morgan fingerprint density at radius 3 is 2.60 bits per heavy atom. The van der Waals surface area contributed by atoms with Gasteiger partial charge < -0.3 is 15.4 Å². The van der Waals surface area contributed by atoms with Crippen molar-refractivity contribution in [1.29, 1.82) is 0 Å². The first-order valence-electron chi connectivity index (χ1n) is 8.80. The van der Waals surface area contributed by atoms with Crippen molar-refractivity contribution in [2.75, 3.05) is 18.6 Å². The molecule has 2 aromatic rings. The number of nitrogens with two attached hydrogens (primary N) is 1. The number of para-hydroxylation sites is 1. The van der Waals surface area contributed by atoms with Crippen molar-refractivity contribution >= 4 is 11.6 Å². The molecular formula is C21H26N2O2. The van der Waals surface area contributed by atoms with Crippen LogP contribution in [0.4, 0.5) is 5.69 Å². The quantitative estimate of drug-likeness (QED) is 0.925. The van der Waals surface area contributed by atoms with Gasteiger partial charge >= 0.3 is 0 Å². The number of benzene rings is 2. The van der Waals surface area contributed by atoms with E-state index in [9.17, 15) is 4.79 Å². The van der Waals surface area contributed by atoms with E-state index in [2.05, 4.69) is 6.07 Å². The van der Waals surface area contributed by atoms with Crippen LogP contribution in [0.15, 0.2) is 36.4 Å². The monoisotopic (exact) mass is 338 g/mol. The van der Waals surface area contributed by atoms with Crippen LogP contribution < -0.4 is 15.4 Å². The lowest BCUT2D eigenvalue weighted by Gasteiger charge is -2.30. The summed E-state index contributed by atoms with van der Waals surface area (Å²) in [5.74, 6) is 0.913. The first-order chi connectivity index (χ1) is 12.0. The number of anilines is 1. The normalized spacial score (nSPS) is 14.8. The first-order valence-corrected chi connectivity index (χ1v) is 8.80. The van der Waals surface area contributed by atoms with Crippen molar-refractivity contribution in [3.8, 4) is 5.75 Å². The van der Waals surface area contributed by atoms with Crippen molar-refractivity contribution < 1.29 is 9.53 Å². The molecule has 0 saturated carbocycles. The third-order valence-corrected chi connectivity index (χ3v) is 4.98. The lowest BCUT2D eigenvalue weighted by atomic mass is 9.93. The minimum atomic E-state index is -0.313. The van der Waals surface area contributed by atoms with Crippen molar-refractivity contribution in [2.24, 2.45) is 5.73 Å². The summed E-state index contributed by atoms with van der Waals surface area (Å²) in [4.78, 5) is 14.8. The van der Waals surface area contributed by atoms with E-state index < -0.39 is 0 Å². The molecule has 2 aromatic carbocycles. The number of nitrogens with zero attached hydrogens (tertiary/aromatic N) is 1. The van der Waals surface area contributed by atoms with Crippen molar-refractivity contribution in [3.05, 3.63) is 58.7 Å². The predicted molar refractivity (Wildman–Crippen MR) is 101 cm³/mol. The summed E-state index contributed by atoms with van der Waals surface area (Å²) in [5.41, 5.74) is 11.9. The second-order valence-electron chi connectivity index (χ2n) is 6.76. The molecule has 0 bridgehead atoms. The summed E-state index contributed by atoms with van der Waals surface area (Å²) in [6.07, 6.45) is 2.34. The van der Waals surface area contributed by atoms with E-state index in [0.29, 0.717) is 6.42 Å². The van der Waals surface area contributed by atoms with Crippen LogP contribution in [-0.2, 0) is 11.2 Å². The lowest BCUT2D eigenvalue weighted by molar-refractivity contribution is -0.119. The van der Waals surface area contributed by atoms with Gasteiger partial charge in [-0.2, -0.15) is 0 Å². The van der Waals surface area contributed by atoms with Gasteiger partial charge in [0.1, 0.15) is 5.75 Å². The van der Waals surface area contributed by atoms with Crippen LogP contribution in [-0.4, -0.2) is 19.6 Å². The number of hydrogen-bond donors (Lipinski definition) is 1. The average Bonchev–Trinajstić information content (AvgIpc) is 2.60. The lowest BCUT2D eigenvalue weighted by Crippen LogP contribution is -2.37. The molecule has 0 aromatic heterocycles. The van der Waals surface area contributed by atoms with E-state index in [1.165, 1.54) is 5.56 Å². The van der Waals surface area contributed by atoms with Crippen LogP contribution in [0.1, 0.15) is 41.1 Å². The van der Waals surface area contributed by atoms with Gasteiger partial charge in [-0.3, -0.25) is 4.79 Å². The van der Waals surface area contributed by atoms with Crippen LogP contribution in [0.25, 0.3) is 0 Å². The Labute approximate surface area is 149 Å². The van der Waals surface area contributed by atoms with Gasteiger partial charge in [0.2, 0.25) is 5.91 Å². The Balaban J connectivity index is 1.80. The summed E-state index contributed by atoms with van der Waals surface area (Å²) in [6, 6.07) is 11.8. The number of amides is 1. The number of rotatable bonds is 4. The molecule has 0 aliphatic carbocycles. The zero-order valence-corrected chi connectivity index (χ0v) is 15.2. The Morgan fingerprint density at radius 1 is 1.24 bits per heavy atom. The van der Waals surface area contributed by atoms with Crippen LogP contribution in [0.2, 0.25) is 0 Å². The molecule has 1 atom stereocenters. The van der Waals surface area contributed by atoms with Crippen LogP contribution >= 0.6 is 0 Å². The maximum atomic E-state index is 12.9. The zero-order chi connectivity index (χ0) is 18.0. The predicted octanol–water partition coefficient (Wildman–Crippen LogP) is 3.68. The highest BCUT2D eigenvalue weighted by Crippen LogP contribution is 2.31. The molecule has 0 saturated heterocycles. The van der Waals surface area contributed by atoms with Gasteiger partial charge in [-0.1, -0.05) is 18.2 Å². The second-order valence-corrected chi connectivity index (χ2v) is 6.76. The van der Waals surface area contributed by atoms with Crippen LogP contribution in [0, 0.1) is 13.8 Å². The number of carbonyl (C=O) groups is 1. The van der Waals surface area contributed by atoms with E-state index in [1.807, 2.05) is 49.1 Å². The molecule has 4 nitrogen and oxygen atoms in total. The molecule has 2 N–H and O–H groups in total. The van der Waals surface area contributed by atoms with Crippen LogP contribution in [0.3, 0.4) is 0 Å². The molecule has 132 valence electrons. The summed E-state index contributed by atoms with van der Waals surface area (Å²) >= 11 is 0. The molecule has 1 aliphatic heterocycles. The highest BCUT2D eigenvalue weighted by molar-refractivity contribution is 5.95. The van der Waals surface area contributed by atoms with Crippen molar-refractivity contribution in [3.63, 3.8) is 0 Å². The third kappa shape index (κ3) is 3.54. The van der Waals surface area contributed by atoms with Gasteiger partial charge in [0.25, 0.3) is 0 Å². The molecule has 1 aliphatic rings. The van der Waals surface area contributed by atoms with Gasteiger partial charge in [0.15, 0.2) is 0 Å². The highest BCUT2D eigenvalue weighted by Gasteiger charge is 2.25. The molecule has 25 heavy (non-hydrogen) atoms. The van der Waals surface area contributed by atoms with Gasteiger partial charge in [-0.05, 0) is 67.1 Å². The zero-order valence-electron chi connectivity index (χ0n) is 15.2. The van der Waals surface area contributed by atoms with Gasteiger partial charge in [-0.25, -0.2) is 0 Å². The van der Waals surface area contributed by atoms with E-state index in [4.69, 9.17) is 10.5 Å². The minimum Gasteiger partial charge on any atom is -0.497 e. The first kappa shape index (κ1) is 17.5.